The number of carbonyl (C=O) groups is 1. The monoisotopic (exact) mass is 276 g/mol. The van der Waals surface area contributed by atoms with Crippen LogP contribution in [0.4, 0.5) is 0 Å². The quantitative estimate of drug-likeness (QED) is 0.768. The van der Waals surface area contributed by atoms with Crippen molar-refractivity contribution in [3.8, 4) is 0 Å². The van der Waals surface area contributed by atoms with Crippen LogP contribution in [-0.4, -0.2) is 12.1 Å². The smallest absolute Gasteiger partial charge is 0.321 e. The molecule has 2 bridgehead atoms. The summed E-state index contributed by atoms with van der Waals surface area (Å²) in [5, 5.41) is 0. The van der Waals surface area contributed by atoms with Crippen LogP contribution in [0.1, 0.15) is 23.5 Å². The SMILES string of the molecule is C=C/C=C1\c2ccccc2[C@H]2CC3OC(=O)[C@]12C=C3C=C. The normalized spacial score (nSPS) is 34.0. The number of hydrogen-bond acceptors (Lipinski definition) is 2. The van der Waals surface area contributed by atoms with E-state index in [1.54, 1.807) is 6.08 Å². The van der Waals surface area contributed by atoms with E-state index in [0.717, 1.165) is 23.1 Å². The van der Waals surface area contributed by atoms with Crippen LogP contribution in [0.15, 0.2) is 67.3 Å². The number of rotatable bonds is 2. The number of allylic oxidation sites excluding steroid dienone is 2. The van der Waals surface area contributed by atoms with E-state index < -0.39 is 5.41 Å². The number of benzene rings is 1. The number of hydrogen-bond donors (Lipinski definition) is 0. The minimum absolute atomic E-state index is 0.140. The van der Waals surface area contributed by atoms with Gasteiger partial charge in [-0.1, -0.05) is 61.7 Å². The Kier molecular flexibility index (Phi) is 2.41. The lowest BCUT2D eigenvalue weighted by molar-refractivity contribution is -0.163. The molecular weight excluding hydrogens is 260 g/mol. The molecule has 2 nitrogen and oxygen atoms in total. The molecule has 2 heteroatoms. The number of carbonyl (C=O) groups excluding carboxylic acids is 1. The van der Waals surface area contributed by atoms with Gasteiger partial charge >= 0.3 is 5.97 Å². The van der Waals surface area contributed by atoms with Gasteiger partial charge in [-0.2, -0.15) is 0 Å². The minimum atomic E-state index is -0.698. The summed E-state index contributed by atoms with van der Waals surface area (Å²) in [6.45, 7) is 7.67. The van der Waals surface area contributed by atoms with Crippen LogP contribution < -0.4 is 0 Å². The zero-order chi connectivity index (χ0) is 14.6. The topological polar surface area (TPSA) is 26.3 Å². The average molecular weight is 276 g/mol. The molecule has 1 saturated heterocycles. The molecule has 1 fully saturated rings. The Morgan fingerprint density at radius 1 is 1.29 bits per heavy atom. The van der Waals surface area contributed by atoms with Crippen molar-refractivity contribution in [1.29, 1.82) is 0 Å². The summed E-state index contributed by atoms with van der Waals surface area (Å²) >= 11 is 0. The van der Waals surface area contributed by atoms with Crippen LogP contribution in [-0.2, 0) is 9.53 Å². The first-order chi connectivity index (χ1) is 10.2. The molecule has 21 heavy (non-hydrogen) atoms. The standard InChI is InChI=1S/C19H16O2/c1-3-7-15-13-8-5-6-9-14(13)16-10-17-12(4-2)11-19(15,16)18(20)21-17/h3-9,11,16-17H,1-2,10H2/b15-7+/t16-,17?,19-/m1/s1. The maximum atomic E-state index is 12.7. The van der Waals surface area contributed by atoms with Crippen molar-refractivity contribution in [3.63, 3.8) is 0 Å². The highest BCUT2D eigenvalue weighted by atomic mass is 16.5. The van der Waals surface area contributed by atoms with Gasteiger partial charge in [-0.3, -0.25) is 4.79 Å². The summed E-state index contributed by atoms with van der Waals surface area (Å²) in [4.78, 5) is 12.7. The predicted octanol–water partition coefficient (Wildman–Crippen LogP) is 3.78. The Balaban J connectivity index is 2.06. The molecule has 0 amide bonds. The fourth-order valence-electron chi connectivity index (χ4n) is 4.09. The van der Waals surface area contributed by atoms with Crippen molar-refractivity contribution < 1.29 is 9.53 Å². The summed E-state index contributed by atoms with van der Waals surface area (Å²) in [6, 6.07) is 8.26. The first-order valence-electron chi connectivity index (χ1n) is 7.21. The summed E-state index contributed by atoms with van der Waals surface area (Å²) in [7, 11) is 0. The summed E-state index contributed by atoms with van der Waals surface area (Å²) in [5.74, 6) is 0.0218. The second-order valence-corrected chi connectivity index (χ2v) is 5.80. The molecule has 5 rings (SSSR count). The second-order valence-electron chi connectivity index (χ2n) is 5.80. The molecule has 3 atom stereocenters. The number of fused-ring (bicyclic) bond motifs is 2. The predicted molar refractivity (Wildman–Crippen MR) is 82.6 cm³/mol. The molecular formula is C19H16O2. The summed E-state index contributed by atoms with van der Waals surface area (Å²) in [5.41, 5.74) is 3.71. The van der Waals surface area contributed by atoms with Gasteiger partial charge in [0, 0.05) is 5.92 Å². The Morgan fingerprint density at radius 3 is 2.86 bits per heavy atom. The first kappa shape index (κ1) is 12.4. The lowest BCUT2D eigenvalue weighted by Crippen LogP contribution is -2.48. The van der Waals surface area contributed by atoms with Crippen molar-refractivity contribution in [1.82, 2.24) is 0 Å². The van der Waals surface area contributed by atoms with E-state index >= 15 is 0 Å². The highest BCUT2D eigenvalue weighted by molar-refractivity contribution is 6.02. The fourth-order valence-corrected chi connectivity index (χ4v) is 4.09. The number of esters is 1. The Hall–Kier alpha value is -2.35. The van der Waals surface area contributed by atoms with E-state index in [4.69, 9.17) is 4.74 Å². The third-order valence-electron chi connectivity index (χ3n) is 4.94. The van der Waals surface area contributed by atoms with Crippen LogP contribution in [0, 0.1) is 5.41 Å². The van der Waals surface area contributed by atoms with E-state index in [9.17, 15) is 4.79 Å². The van der Waals surface area contributed by atoms with Crippen molar-refractivity contribution in [2.75, 3.05) is 0 Å². The zero-order valence-electron chi connectivity index (χ0n) is 11.7. The summed E-state index contributed by atoms with van der Waals surface area (Å²) < 4.78 is 5.65. The lowest BCUT2D eigenvalue weighted by atomic mass is 9.64. The number of ether oxygens (including phenoxy) is 1. The van der Waals surface area contributed by atoms with Gasteiger partial charge in [0.05, 0.1) is 0 Å². The van der Waals surface area contributed by atoms with Crippen LogP contribution in [0.25, 0.3) is 5.57 Å². The lowest BCUT2D eigenvalue weighted by Gasteiger charge is -2.45. The third-order valence-corrected chi connectivity index (χ3v) is 4.94. The maximum absolute atomic E-state index is 12.7. The Labute approximate surface area is 124 Å². The third kappa shape index (κ3) is 1.35. The zero-order valence-corrected chi connectivity index (χ0v) is 11.7. The van der Waals surface area contributed by atoms with Gasteiger partial charge in [0.15, 0.2) is 0 Å². The Morgan fingerprint density at radius 2 is 2.10 bits per heavy atom. The van der Waals surface area contributed by atoms with Gasteiger partial charge in [0.2, 0.25) is 0 Å². The molecule has 1 spiro atoms. The van der Waals surface area contributed by atoms with Crippen molar-refractivity contribution in [3.05, 3.63) is 78.4 Å². The molecule has 1 aromatic rings. The molecule has 0 aromatic heterocycles. The van der Waals surface area contributed by atoms with Gasteiger partial charge < -0.3 is 4.74 Å². The molecule has 2 heterocycles. The van der Waals surface area contributed by atoms with Crippen LogP contribution in [0.3, 0.4) is 0 Å². The van der Waals surface area contributed by atoms with Crippen molar-refractivity contribution in [2.45, 2.75) is 18.4 Å². The van der Waals surface area contributed by atoms with Gasteiger partial charge in [-0.05, 0) is 28.7 Å². The minimum Gasteiger partial charge on any atom is -0.457 e. The Bertz CT molecular complexity index is 738. The second kappa shape index (κ2) is 4.08. The average Bonchev–Trinajstić information content (AvgIpc) is 2.79. The summed E-state index contributed by atoms with van der Waals surface area (Å²) in [6.07, 6.45) is 8.25. The van der Waals surface area contributed by atoms with Crippen molar-refractivity contribution >= 4 is 11.5 Å². The van der Waals surface area contributed by atoms with Gasteiger partial charge in [-0.15, -0.1) is 0 Å². The fraction of sp³-hybridized carbons (Fsp3) is 0.211. The molecule has 4 aliphatic rings. The van der Waals surface area contributed by atoms with Crippen LogP contribution >= 0.6 is 0 Å². The molecule has 1 unspecified atom stereocenters. The molecule has 2 aliphatic carbocycles. The van der Waals surface area contributed by atoms with Gasteiger partial charge in [-0.25, -0.2) is 0 Å². The van der Waals surface area contributed by atoms with E-state index in [2.05, 4.69) is 31.4 Å². The maximum Gasteiger partial charge on any atom is 0.321 e. The van der Waals surface area contributed by atoms with Crippen LogP contribution in [0.5, 0.6) is 0 Å². The molecule has 2 aliphatic heterocycles. The first-order valence-corrected chi connectivity index (χ1v) is 7.21. The van der Waals surface area contributed by atoms with Gasteiger partial charge in [0.1, 0.15) is 11.5 Å². The molecule has 0 N–H and O–H groups in total. The van der Waals surface area contributed by atoms with Gasteiger partial charge in [0.25, 0.3) is 0 Å². The van der Waals surface area contributed by atoms with Crippen LogP contribution in [0.2, 0.25) is 0 Å². The molecule has 0 saturated carbocycles. The van der Waals surface area contributed by atoms with E-state index in [0.29, 0.717) is 0 Å². The van der Waals surface area contributed by atoms with E-state index in [1.807, 2.05) is 24.3 Å². The van der Waals surface area contributed by atoms with E-state index in [-0.39, 0.29) is 18.0 Å². The highest BCUT2D eigenvalue weighted by Crippen LogP contribution is 2.63. The largest absolute Gasteiger partial charge is 0.457 e. The highest BCUT2D eigenvalue weighted by Gasteiger charge is 2.61. The van der Waals surface area contributed by atoms with Crippen molar-refractivity contribution in [2.24, 2.45) is 5.41 Å². The van der Waals surface area contributed by atoms with E-state index in [1.165, 1.54) is 5.56 Å². The molecule has 1 aromatic carbocycles. The molecule has 0 radical (unpaired) electrons. The molecule has 104 valence electrons.